The zero-order valence-electron chi connectivity index (χ0n) is 17.1. The first-order chi connectivity index (χ1) is 14.4. The van der Waals surface area contributed by atoms with Gasteiger partial charge in [0.05, 0.1) is 0 Å². The summed E-state index contributed by atoms with van der Waals surface area (Å²) in [6, 6.07) is 9.75. The topological polar surface area (TPSA) is 104 Å². The molecule has 0 unspecified atom stereocenters. The van der Waals surface area contributed by atoms with E-state index < -0.39 is 6.03 Å². The molecule has 0 bridgehead atoms. The Morgan fingerprint density at radius 1 is 0.967 bits per heavy atom. The van der Waals surface area contributed by atoms with E-state index >= 15 is 0 Å². The number of pyridine rings is 1. The Balaban J connectivity index is 1.49. The molecule has 156 valence electrons. The van der Waals surface area contributed by atoms with Gasteiger partial charge in [-0.2, -0.15) is 0 Å². The third-order valence-electron chi connectivity index (χ3n) is 4.16. The van der Waals surface area contributed by atoms with Gasteiger partial charge >= 0.3 is 6.03 Å². The summed E-state index contributed by atoms with van der Waals surface area (Å²) in [4.78, 5) is 24.9. The Morgan fingerprint density at radius 3 is 2.53 bits per heavy atom. The molecule has 9 heteroatoms. The number of anilines is 4. The average Bonchev–Trinajstić information content (AvgIpc) is 2.68. The van der Waals surface area contributed by atoms with Crippen LogP contribution in [0.15, 0.2) is 42.6 Å². The summed E-state index contributed by atoms with van der Waals surface area (Å²) in [5, 5.41) is 11.6. The van der Waals surface area contributed by atoms with Crippen LogP contribution in [-0.2, 0) is 0 Å². The lowest BCUT2D eigenvalue weighted by Gasteiger charge is -2.11. The van der Waals surface area contributed by atoms with E-state index in [2.05, 4.69) is 36.2 Å². The van der Waals surface area contributed by atoms with Crippen molar-refractivity contribution in [2.45, 2.75) is 20.8 Å². The largest absolute Gasteiger partial charge is 0.368 e. The van der Waals surface area contributed by atoms with Gasteiger partial charge in [0.15, 0.2) is 0 Å². The van der Waals surface area contributed by atoms with E-state index in [4.69, 9.17) is 0 Å². The second kappa shape index (κ2) is 9.64. The zero-order valence-corrected chi connectivity index (χ0v) is 17.1. The summed E-state index contributed by atoms with van der Waals surface area (Å²) in [5.74, 6) is 2.18. The number of nitrogens with one attached hydrogen (secondary N) is 4. The van der Waals surface area contributed by atoms with Crippen LogP contribution in [0.1, 0.15) is 17.0 Å². The number of benzene rings is 1. The zero-order chi connectivity index (χ0) is 21.5. The fraction of sp³-hybridized carbons (Fsp3) is 0.238. The number of nitrogens with zero attached hydrogens (tertiary/aromatic N) is 3. The van der Waals surface area contributed by atoms with E-state index in [1.165, 1.54) is 6.07 Å². The van der Waals surface area contributed by atoms with Crippen LogP contribution in [0, 0.1) is 26.6 Å². The van der Waals surface area contributed by atoms with E-state index in [-0.39, 0.29) is 5.82 Å². The molecular formula is C21H24FN7O. The number of carbonyl (C=O) groups excluding carboxylic acids is 1. The third kappa shape index (κ3) is 6.13. The second-order valence-corrected chi connectivity index (χ2v) is 6.80. The Bertz CT molecular complexity index is 1040. The maximum Gasteiger partial charge on any atom is 0.319 e. The minimum Gasteiger partial charge on any atom is -0.368 e. The molecule has 2 heterocycles. The Hall–Kier alpha value is -3.75. The minimum atomic E-state index is -0.410. The molecular weight excluding hydrogens is 385 g/mol. The van der Waals surface area contributed by atoms with Crippen LogP contribution in [0.25, 0.3) is 0 Å². The highest BCUT2D eigenvalue weighted by molar-refractivity contribution is 5.89. The molecule has 0 saturated carbocycles. The summed E-state index contributed by atoms with van der Waals surface area (Å²) in [5.41, 5.74) is 2.02. The number of hydrogen-bond acceptors (Lipinski definition) is 6. The van der Waals surface area contributed by atoms with Crippen molar-refractivity contribution in [2.75, 3.05) is 29.0 Å². The lowest BCUT2D eigenvalue weighted by atomic mass is 10.2. The fourth-order valence-electron chi connectivity index (χ4n) is 2.67. The van der Waals surface area contributed by atoms with Crippen LogP contribution in [0.4, 0.5) is 32.3 Å². The Kier molecular flexibility index (Phi) is 6.74. The van der Waals surface area contributed by atoms with Crippen LogP contribution in [0.5, 0.6) is 0 Å². The summed E-state index contributed by atoms with van der Waals surface area (Å²) in [6.45, 7) is 6.26. The van der Waals surface area contributed by atoms with E-state index in [1.807, 2.05) is 19.1 Å². The van der Waals surface area contributed by atoms with E-state index in [0.717, 1.165) is 5.56 Å². The number of aryl methyl sites for hydroxylation is 3. The van der Waals surface area contributed by atoms with Crippen molar-refractivity contribution in [3.63, 3.8) is 0 Å². The fourth-order valence-corrected chi connectivity index (χ4v) is 2.67. The highest BCUT2D eigenvalue weighted by atomic mass is 19.1. The molecule has 0 aliphatic heterocycles. The van der Waals surface area contributed by atoms with Gasteiger partial charge in [0.25, 0.3) is 0 Å². The first-order valence-corrected chi connectivity index (χ1v) is 9.49. The van der Waals surface area contributed by atoms with Gasteiger partial charge in [0.1, 0.15) is 29.1 Å². The molecule has 1 aromatic carbocycles. The normalized spacial score (nSPS) is 10.4. The lowest BCUT2D eigenvalue weighted by Crippen LogP contribution is -2.32. The molecule has 30 heavy (non-hydrogen) atoms. The van der Waals surface area contributed by atoms with Crippen LogP contribution in [0.2, 0.25) is 0 Å². The monoisotopic (exact) mass is 409 g/mol. The molecule has 0 aliphatic carbocycles. The summed E-state index contributed by atoms with van der Waals surface area (Å²) >= 11 is 0. The number of carbonyl (C=O) groups is 1. The number of amides is 2. The van der Waals surface area contributed by atoms with Gasteiger partial charge < -0.3 is 21.3 Å². The van der Waals surface area contributed by atoms with Crippen molar-refractivity contribution in [2.24, 2.45) is 0 Å². The van der Waals surface area contributed by atoms with Crippen LogP contribution in [-0.4, -0.2) is 34.1 Å². The van der Waals surface area contributed by atoms with Crippen LogP contribution in [0.3, 0.4) is 0 Å². The molecule has 0 fully saturated rings. The molecule has 0 saturated heterocycles. The van der Waals surface area contributed by atoms with Gasteiger partial charge in [-0.1, -0.05) is 6.07 Å². The molecule has 3 aromatic rings. The standard InChI is InChI=1S/C21H24FN7O/c1-13-6-7-23-18(10-13)29-20-12-19(26-15(3)27-20)24-8-9-25-21(30)28-16-5-4-14(2)17(22)11-16/h4-7,10-12H,8-9H2,1-3H3,(H2,25,28,30)(H2,23,24,26,27,29). The predicted molar refractivity (Wildman–Crippen MR) is 116 cm³/mol. The minimum absolute atomic E-state index is 0.353. The van der Waals surface area contributed by atoms with E-state index in [1.54, 1.807) is 38.2 Å². The molecule has 2 amide bonds. The highest BCUT2D eigenvalue weighted by Crippen LogP contribution is 2.16. The smallest absolute Gasteiger partial charge is 0.319 e. The number of rotatable bonds is 7. The Morgan fingerprint density at radius 2 is 1.77 bits per heavy atom. The molecule has 8 nitrogen and oxygen atoms in total. The van der Waals surface area contributed by atoms with Gasteiger partial charge in [0, 0.05) is 31.0 Å². The van der Waals surface area contributed by atoms with E-state index in [0.29, 0.717) is 47.6 Å². The summed E-state index contributed by atoms with van der Waals surface area (Å²) < 4.78 is 13.5. The van der Waals surface area contributed by atoms with Gasteiger partial charge in [-0.25, -0.2) is 24.1 Å². The SMILES string of the molecule is Cc1ccnc(Nc2cc(NCCNC(=O)Nc3ccc(C)c(F)c3)nc(C)n2)c1. The van der Waals surface area contributed by atoms with Crippen molar-refractivity contribution < 1.29 is 9.18 Å². The molecule has 3 rings (SSSR count). The number of aromatic nitrogens is 3. The van der Waals surface area contributed by atoms with Crippen LogP contribution >= 0.6 is 0 Å². The van der Waals surface area contributed by atoms with Crippen molar-refractivity contribution in [1.82, 2.24) is 20.3 Å². The Labute approximate surface area is 174 Å². The maximum absolute atomic E-state index is 13.5. The molecule has 4 N–H and O–H groups in total. The first kappa shape index (κ1) is 21.0. The van der Waals surface area contributed by atoms with Gasteiger partial charge in [-0.3, -0.25) is 0 Å². The van der Waals surface area contributed by atoms with Crippen molar-refractivity contribution in [1.29, 1.82) is 0 Å². The summed E-state index contributed by atoms with van der Waals surface area (Å²) in [7, 11) is 0. The van der Waals surface area contributed by atoms with Gasteiger partial charge in [0.2, 0.25) is 0 Å². The maximum atomic E-state index is 13.5. The molecule has 0 aliphatic rings. The third-order valence-corrected chi connectivity index (χ3v) is 4.16. The quantitative estimate of drug-likeness (QED) is 0.441. The molecule has 0 radical (unpaired) electrons. The van der Waals surface area contributed by atoms with Crippen molar-refractivity contribution in [3.05, 3.63) is 65.4 Å². The van der Waals surface area contributed by atoms with Gasteiger partial charge in [-0.05, 0) is 56.2 Å². The molecule has 0 atom stereocenters. The number of halogens is 1. The molecule has 2 aromatic heterocycles. The van der Waals surface area contributed by atoms with Gasteiger partial charge in [-0.15, -0.1) is 0 Å². The molecule has 0 spiro atoms. The highest BCUT2D eigenvalue weighted by Gasteiger charge is 2.06. The lowest BCUT2D eigenvalue weighted by molar-refractivity contribution is 0.252. The predicted octanol–water partition coefficient (Wildman–Crippen LogP) is 3.91. The second-order valence-electron chi connectivity index (χ2n) is 6.80. The number of hydrogen-bond donors (Lipinski definition) is 4. The number of urea groups is 1. The van der Waals surface area contributed by atoms with Crippen molar-refractivity contribution >= 4 is 29.2 Å². The van der Waals surface area contributed by atoms with E-state index in [9.17, 15) is 9.18 Å². The average molecular weight is 409 g/mol. The van der Waals surface area contributed by atoms with Crippen molar-refractivity contribution in [3.8, 4) is 0 Å². The van der Waals surface area contributed by atoms with Crippen LogP contribution < -0.4 is 21.3 Å². The first-order valence-electron chi connectivity index (χ1n) is 9.49. The summed E-state index contributed by atoms with van der Waals surface area (Å²) in [6.07, 6.45) is 1.73.